The Morgan fingerprint density at radius 1 is 1.43 bits per heavy atom. The molecule has 21 heavy (non-hydrogen) atoms. The van der Waals surface area contributed by atoms with E-state index in [1.807, 2.05) is 18.4 Å². The lowest BCUT2D eigenvalue weighted by Crippen LogP contribution is -2.43. The lowest BCUT2D eigenvalue weighted by molar-refractivity contribution is 0.0265. The van der Waals surface area contributed by atoms with Crippen molar-refractivity contribution in [2.24, 2.45) is 5.73 Å². The maximum Gasteiger partial charge on any atom is 0.244 e. The van der Waals surface area contributed by atoms with Crippen LogP contribution in [-0.2, 0) is 27.8 Å². The number of rotatable bonds is 6. The predicted octanol–water partition coefficient (Wildman–Crippen LogP) is 1.16. The van der Waals surface area contributed by atoms with E-state index in [1.165, 1.54) is 4.31 Å². The molecule has 0 aromatic carbocycles. The van der Waals surface area contributed by atoms with Crippen molar-refractivity contribution in [1.82, 2.24) is 8.87 Å². The molecule has 0 aliphatic carbocycles. The third kappa shape index (κ3) is 3.48. The lowest BCUT2D eigenvalue weighted by atomic mass is 10.1. The number of piperidine rings is 1. The van der Waals surface area contributed by atoms with Crippen molar-refractivity contribution in [1.29, 1.82) is 0 Å². The van der Waals surface area contributed by atoms with Crippen LogP contribution in [0.3, 0.4) is 0 Å². The van der Waals surface area contributed by atoms with E-state index in [2.05, 4.69) is 0 Å². The summed E-state index contributed by atoms with van der Waals surface area (Å²) in [6.07, 6.45) is 3.44. The molecule has 1 aromatic rings. The molecule has 7 heteroatoms. The SMILES string of the molecule is CCOC1CCCN(S(=O)(=O)c2cc(CN)n(CC)c2)C1. The molecule has 1 aliphatic rings. The van der Waals surface area contributed by atoms with Crippen LogP contribution in [0.15, 0.2) is 17.2 Å². The molecule has 1 aromatic heterocycles. The van der Waals surface area contributed by atoms with Crippen molar-refractivity contribution < 1.29 is 13.2 Å². The van der Waals surface area contributed by atoms with Crippen LogP contribution in [0.25, 0.3) is 0 Å². The van der Waals surface area contributed by atoms with Crippen LogP contribution in [0.2, 0.25) is 0 Å². The van der Waals surface area contributed by atoms with Crippen molar-refractivity contribution in [3.63, 3.8) is 0 Å². The quantitative estimate of drug-likeness (QED) is 0.854. The number of nitrogens with two attached hydrogens (primary N) is 1. The molecular formula is C14H25N3O3S. The molecule has 1 atom stereocenters. The van der Waals surface area contributed by atoms with Crippen LogP contribution in [0.4, 0.5) is 0 Å². The Hall–Kier alpha value is -0.890. The second-order valence-electron chi connectivity index (χ2n) is 5.24. The van der Waals surface area contributed by atoms with Gasteiger partial charge in [0.05, 0.1) is 6.10 Å². The van der Waals surface area contributed by atoms with Crippen molar-refractivity contribution in [3.8, 4) is 0 Å². The van der Waals surface area contributed by atoms with Crippen molar-refractivity contribution in [2.45, 2.75) is 50.8 Å². The monoisotopic (exact) mass is 315 g/mol. The minimum atomic E-state index is -3.46. The lowest BCUT2D eigenvalue weighted by Gasteiger charge is -2.31. The first-order valence-electron chi connectivity index (χ1n) is 7.53. The molecule has 6 nitrogen and oxygen atoms in total. The van der Waals surface area contributed by atoms with Gasteiger partial charge >= 0.3 is 0 Å². The van der Waals surface area contributed by atoms with Gasteiger partial charge in [0, 0.05) is 44.7 Å². The fourth-order valence-electron chi connectivity index (χ4n) is 2.78. The zero-order chi connectivity index (χ0) is 15.5. The van der Waals surface area contributed by atoms with E-state index in [9.17, 15) is 8.42 Å². The van der Waals surface area contributed by atoms with Gasteiger partial charge in [-0.2, -0.15) is 4.31 Å². The van der Waals surface area contributed by atoms with E-state index in [0.717, 1.165) is 18.5 Å². The molecule has 1 aliphatic heterocycles. The molecule has 1 unspecified atom stereocenters. The molecule has 1 fully saturated rings. The summed E-state index contributed by atoms with van der Waals surface area (Å²) >= 11 is 0. The predicted molar refractivity (Wildman–Crippen MR) is 81.4 cm³/mol. The van der Waals surface area contributed by atoms with E-state index < -0.39 is 10.0 Å². The normalized spacial score (nSPS) is 20.8. The van der Waals surface area contributed by atoms with E-state index in [-0.39, 0.29) is 6.10 Å². The van der Waals surface area contributed by atoms with Crippen LogP contribution < -0.4 is 5.73 Å². The Balaban J connectivity index is 2.22. The van der Waals surface area contributed by atoms with Crippen LogP contribution in [0.5, 0.6) is 0 Å². The average molecular weight is 315 g/mol. The highest BCUT2D eigenvalue weighted by atomic mass is 32.2. The van der Waals surface area contributed by atoms with Crippen LogP contribution in [0.1, 0.15) is 32.4 Å². The van der Waals surface area contributed by atoms with Crippen LogP contribution >= 0.6 is 0 Å². The van der Waals surface area contributed by atoms with Gasteiger partial charge in [0.15, 0.2) is 0 Å². The van der Waals surface area contributed by atoms with E-state index in [0.29, 0.717) is 37.7 Å². The zero-order valence-corrected chi connectivity index (χ0v) is 13.6. The van der Waals surface area contributed by atoms with E-state index >= 15 is 0 Å². The van der Waals surface area contributed by atoms with Gasteiger partial charge in [-0.15, -0.1) is 0 Å². The van der Waals surface area contributed by atoms with Crippen molar-refractivity contribution in [3.05, 3.63) is 18.0 Å². The number of aromatic nitrogens is 1. The van der Waals surface area contributed by atoms with Gasteiger partial charge in [0.25, 0.3) is 0 Å². The van der Waals surface area contributed by atoms with Gasteiger partial charge in [-0.05, 0) is 32.8 Å². The molecule has 2 N–H and O–H groups in total. The summed E-state index contributed by atoms with van der Waals surface area (Å²) in [7, 11) is -3.46. The molecule has 0 saturated carbocycles. The highest BCUT2D eigenvalue weighted by molar-refractivity contribution is 7.89. The molecule has 2 rings (SSSR count). The summed E-state index contributed by atoms with van der Waals surface area (Å²) in [5.74, 6) is 0. The molecule has 0 spiro atoms. The fourth-order valence-corrected chi connectivity index (χ4v) is 4.35. The van der Waals surface area contributed by atoms with Gasteiger partial charge in [-0.25, -0.2) is 8.42 Å². The first-order chi connectivity index (χ1) is 10.0. The summed E-state index contributed by atoms with van der Waals surface area (Å²) in [4.78, 5) is 0.335. The highest BCUT2D eigenvalue weighted by Crippen LogP contribution is 2.23. The number of aryl methyl sites for hydroxylation is 1. The smallest absolute Gasteiger partial charge is 0.244 e. The molecule has 2 heterocycles. The Labute approximate surface area is 126 Å². The maximum absolute atomic E-state index is 12.8. The standard InChI is InChI=1S/C14H25N3O3S/c1-3-16-11-14(8-12(16)9-15)21(18,19)17-7-5-6-13(10-17)20-4-2/h8,11,13H,3-7,9-10,15H2,1-2H3. The van der Waals surface area contributed by atoms with Gasteiger partial charge < -0.3 is 15.0 Å². The summed E-state index contributed by atoms with van der Waals surface area (Å²) in [6, 6.07) is 1.68. The van der Waals surface area contributed by atoms with Crippen molar-refractivity contribution in [2.75, 3.05) is 19.7 Å². The fraction of sp³-hybridized carbons (Fsp3) is 0.714. The highest BCUT2D eigenvalue weighted by Gasteiger charge is 2.31. The molecule has 120 valence electrons. The summed E-state index contributed by atoms with van der Waals surface area (Å²) in [6.45, 7) is 6.56. The number of hydrogen-bond donors (Lipinski definition) is 1. The second kappa shape index (κ2) is 6.91. The average Bonchev–Trinajstić information content (AvgIpc) is 2.92. The Morgan fingerprint density at radius 3 is 2.76 bits per heavy atom. The van der Waals surface area contributed by atoms with E-state index in [1.54, 1.807) is 12.3 Å². The topological polar surface area (TPSA) is 77.6 Å². The maximum atomic E-state index is 12.8. The molecule has 0 radical (unpaired) electrons. The van der Waals surface area contributed by atoms with E-state index in [4.69, 9.17) is 10.5 Å². The first-order valence-corrected chi connectivity index (χ1v) is 8.97. The van der Waals surface area contributed by atoms with Crippen LogP contribution in [0, 0.1) is 0 Å². The number of ether oxygens (including phenoxy) is 1. The van der Waals surface area contributed by atoms with Crippen molar-refractivity contribution >= 4 is 10.0 Å². The minimum Gasteiger partial charge on any atom is -0.377 e. The van der Waals surface area contributed by atoms with Gasteiger partial charge in [0.2, 0.25) is 10.0 Å². The van der Waals surface area contributed by atoms with Gasteiger partial charge in [-0.3, -0.25) is 0 Å². The molecular weight excluding hydrogens is 290 g/mol. The molecule has 1 saturated heterocycles. The van der Waals surface area contributed by atoms with Gasteiger partial charge in [0.1, 0.15) is 4.90 Å². The number of sulfonamides is 1. The third-order valence-electron chi connectivity index (χ3n) is 3.89. The third-order valence-corrected chi connectivity index (χ3v) is 5.72. The summed E-state index contributed by atoms with van der Waals surface area (Å²) in [5.41, 5.74) is 6.52. The molecule has 0 bridgehead atoms. The van der Waals surface area contributed by atoms with Gasteiger partial charge in [-0.1, -0.05) is 0 Å². The largest absolute Gasteiger partial charge is 0.377 e. The Bertz CT molecular complexity index is 545. The van der Waals surface area contributed by atoms with Crippen LogP contribution in [-0.4, -0.2) is 43.1 Å². The minimum absolute atomic E-state index is 0.000708. The number of nitrogens with zero attached hydrogens (tertiary/aromatic N) is 2. The summed E-state index contributed by atoms with van der Waals surface area (Å²) in [5, 5.41) is 0. The first kappa shape index (κ1) is 16.5. The zero-order valence-electron chi connectivity index (χ0n) is 12.8. The Kier molecular flexibility index (Phi) is 5.43. The Morgan fingerprint density at radius 2 is 2.19 bits per heavy atom. The molecule has 0 amide bonds. The summed E-state index contributed by atoms with van der Waals surface area (Å²) < 4.78 is 34.5. The second-order valence-corrected chi connectivity index (χ2v) is 7.18. The number of hydrogen-bond acceptors (Lipinski definition) is 4.